The van der Waals surface area contributed by atoms with Crippen LogP contribution in [0.25, 0.3) is 11.0 Å². The number of nitrogens with zero attached hydrogens (tertiary/aromatic N) is 2. The van der Waals surface area contributed by atoms with Crippen LogP contribution in [0.2, 0.25) is 0 Å². The Bertz CT molecular complexity index is 818. The van der Waals surface area contributed by atoms with Crippen molar-refractivity contribution in [2.75, 3.05) is 13.2 Å². The van der Waals surface area contributed by atoms with E-state index in [0.29, 0.717) is 37.6 Å². The van der Waals surface area contributed by atoms with Crippen LogP contribution in [0.4, 0.5) is 4.39 Å². The van der Waals surface area contributed by atoms with Crippen LogP contribution in [-0.4, -0.2) is 30.6 Å². The lowest BCUT2D eigenvalue weighted by molar-refractivity contribution is 0.139. The molecule has 0 saturated carbocycles. The molecule has 1 aromatic heterocycles. The first-order valence-corrected chi connectivity index (χ1v) is 7.91. The molecule has 0 aliphatic carbocycles. The number of rotatable bonds is 7. The number of hydrogen-bond donors (Lipinski definition) is 0. The fourth-order valence-corrected chi connectivity index (χ4v) is 2.56. The van der Waals surface area contributed by atoms with Crippen molar-refractivity contribution < 1.29 is 13.9 Å². The Kier molecular flexibility index (Phi) is 5.16. The summed E-state index contributed by atoms with van der Waals surface area (Å²) in [6.07, 6.45) is 0.356. The SMILES string of the molecule is [B]Cc1nc2ccc(Oc3ccc(F)cc3)cc2n1CCOCC. The van der Waals surface area contributed by atoms with Gasteiger partial charge < -0.3 is 14.0 Å². The van der Waals surface area contributed by atoms with Crippen molar-refractivity contribution in [3.8, 4) is 11.5 Å². The Morgan fingerprint density at radius 2 is 1.88 bits per heavy atom. The monoisotopic (exact) mass is 324 g/mol. The number of benzene rings is 2. The Morgan fingerprint density at radius 3 is 2.58 bits per heavy atom. The lowest BCUT2D eigenvalue weighted by Gasteiger charge is -2.09. The van der Waals surface area contributed by atoms with Crippen molar-refractivity contribution in [2.24, 2.45) is 0 Å². The first kappa shape index (κ1) is 16.5. The highest BCUT2D eigenvalue weighted by Gasteiger charge is 2.10. The summed E-state index contributed by atoms with van der Waals surface area (Å²) in [6.45, 7) is 3.91. The molecule has 0 spiro atoms. The standard InChI is InChI=1S/C18H18BFN2O2/c1-2-23-10-9-22-17-11-15(7-8-16(17)21-18(22)12-19)24-14-5-3-13(20)4-6-14/h3-8,11H,2,9-10,12H2,1H3. The molecule has 0 atom stereocenters. The van der Waals surface area contributed by atoms with Crippen LogP contribution in [-0.2, 0) is 17.6 Å². The van der Waals surface area contributed by atoms with Gasteiger partial charge >= 0.3 is 0 Å². The van der Waals surface area contributed by atoms with Crippen LogP contribution < -0.4 is 4.74 Å². The molecule has 24 heavy (non-hydrogen) atoms. The minimum Gasteiger partial charge on any atom is -0.457 e. The molecule has 1 heterocycles. The maximum Gasteiger partial charge on any atom is 0.129 e. The first-order chi connectivity index (χ1) is 11.7. The predicted octanol–water partition coefficient (Wildman–Crippen LogP) is 3.67. The summed E-state index contributed by atoms with van der Waals surface area (Å²) in [7, 11) is 5.80. The normalized spacial score (nSPS) is 11.1. The van der Waals surface area contributed by atoms with Gasteiger partial charge in [0.2, 0.25) is 0 Å². The van der Waals surface area contributed by atoms with Crippen LogP contribution in [0.15, 0.2) is 42.5 Å². The fraction of sp³-hybridized carbons (Fsp3) is 0.278. The van der Waals surface area contributed by atoms with Gasteiger partial charge in [0.15, 0.2) is 0 Å². The van der Waals surface area contributed by atoms with E-state index in [9.17, 15) is 4.39 Å². The second-order valence-corrected chi connectivity index (χ2v) is 5.29. The summed E-state index contributed by atoms with van der Waals surface area (Å²) < 4.78 is 26.3. The summed E-state index contributed by atoms with van der Waals surface area (Å²) in [4.78, 5) is 4.55. The van der Waals surface area contributed by atoms with Crippen molar-refractivity contribution in [1.82, 2.24) is 9.55 Å². The number of ether oxygens (including phenoxy) is 2. The zero-order valence-corrected chi connectivity index (χ0v) is 13.5. The smallest absolute Gasteiger partial charge is 0.129 e. The average Bonchev–Trinajstić information content (AvgIpc) is 2.94. The molecule has 122 valence electrons. The zero-order valence-electron chi connectivity index (χ0n) is 13.5. The Morgan fingerprint density at radius 1 is 1.12 bits per heavy atom. The van der Waals surface area contributed by atoms with Gasteiger partial charge in [-0.3, -0.25) is 0 Å². The molecule has 3 rings (SSSR count). The van der Waals surface area contributed by atoms with Crippen molar-refractivity contribution >= 4 is 18.9 Å². The molecule has 0 bridgehead atoms. The summed E-state index contributed by atoms with van der Waals surface area (Å²) in [6, 6.07) is 11.6. The molecule has 2 aromatic carbocycles. The summed E-state index contributed by atoms with van der Waals surface area (Å²) in [5.41, 5.74) is 1.80. The topological polar surface area (TPSA) is 36.3 Å². The van der Waals surface area contributed by atoms with Crippen LogP contribution in [0.5, 0.6) is 11.5 Å². The molecule has 4 nitrogen and oxygen atoms in total. The van der Waals surface area contributed by atoms with E-state index in [1.807, 2.05) is 29.7 Å². The highest BCUT2D eigenvalue weighted by atomic mass is 19.1. The largest absolute Gasteiger partial charge is 0.457 e. The molecule has 0 fully saturated rings. The Balaban J connectivity index is 1.90. The number of fused-ring (bicyclic) bond motifs is 1. The maximum absolute atomic E-state index is 13.0. The van der Waals surface area contributed by atoms with Crippen LogP contribution in [0.3, 0.4) is 0 Å². The second-order valence-electron chi connectivity index (χ2n) is 5.29. The van der Waals surface area contributed by atoms with Gasteiger partial charge in [0.05, 0.1) is 25.5 Å². The summed E-state index contributed by atoms with van der Waals surface area (Å²) in [5, 5.41) is 0. The number of aromatic nitrogens is 2. The fourth-order valence-electron chi connectivity index (χ4n) is 2.56. The van der Waals surface area contributed by atoms with E-state index >= 15 is 0 Å². The lowest BCUT2D eigenvalue weighted by atomic mass is 10.1. The van der Waals surface area contributed by atoms with Crippen molar-refractivity contribution in [3.63, 3.8) is 0 Å². The van der Waals surface area contributed by atoms with Crippen molar-refractivity contribution in [2.45, 2.75) is 19.8 Å². The molecule has 0 amide bonds. The maximum atomic E-state index is 13.0. The highest BCUT2D eigenvalue weighted by molar-refractivity contribution is 6.08. The van der Waals surface area contributed by atoms with Crippen molar-refractivity contribution in [3.05, 3.63) is 54.1 Å². The van der Waals surface area contributed by atoms with Gasteiger partial charge in [-0.05, 0) is 49.6 Å². The van der Waals surface area contributed by atoms with Crippen LogP contribution >= 0.6 is 0 Å². The van der Waals surface area contributed by atoms with Gasteiger partial charge in [0.1, 0.15) is 23.1 Å². The molecular formula is C18H18BFN2O2. The third-order valence-corrected chi connectivity index (χ3v) is 3.69. The van der Waals surface area contributed by atoms with E-state index in [-0.39, 0.29) is 5.82 Å². The molecule has 0 aliphatic heterocycles. The third-order valence-electron chi connectivity index (χ3n) is 3.69. The molecular weight excluding hydrogens is 306 g/mol. The number of imidazole rings is 1. The quantitative estimate of drug-likeness (QED) is 0.491. The molecule has 0 saturated heterocycles. The Labute approximate surface area is 141 Å². The van der Waals surface area contributed by atoms with Gasteiger partial charge in [0.25, 0.3) is 0 Å². The van der Waals surface area contributed by atoms with Gasteiger partial charge in [-0.15, -0.1) is 0 Å². The summed E-state index contributed by atoms with van der Waals surface area (Å²) >= 11 is 0. The molecule has 0 N–H and O–H groups in total. The number of hydrogen-bond acceptors (Lipinski definition) is 3. The van der Waals surface area contributed by atoms with E-state index in [2.05, 4.69) is 4.98 Å². The Hall–Kier alpha value is -2.34. The second kappa shape index (κ2) is 7.49. The first-order valence-electron chi connectivity index (χ1n) is 7.91. The third kappa shape index (κ3) is 3.59. The molecule has 6 heteroatoms. The lowest BCUT2D eigenvalue weighted by Crippen LogP contribution is -2.09. The van der Waals surface area contributed by atoms with E-state index in [1.54, 1.807) is 12.1 Å². The zero-order chi connectivity index (χ0) is 16.9. The van der Waals surface area contributed by atoms with Crippen LogP contribution in [0.1, 0.15) is 12.7 Å². The molecule has 2 radical (unpaired) electrons. The molecule has 0 aliphatic rings. The van der Waals surface area contributed by atoms with Crippen LogP contribution in [0, 0.1) is 5.82 Å². The minimum absolute atomic E-state index is 0.292. The number of halogens is 1. The van der Waals surface area contributed by atoms with Gasteiger partial charge in [-0.2, -0.15) is 0 Å². The van der Waals surface area contributed by atoms with E-state index in [0.717, 1.165) is 16.9 Å². The average molecular weight is 324 g/mol. The summed E-state index contributed by atoms with van der Waals surface area (Å²) in [5.74, 6) is 1.76. The highest BCUT2D eigenvalue weighted by Crippen LogP contribution is 2.26. The van der Waals surface area contributed by atoms with Gasteiger partial charge in [0, 0.05) is 19.2 Å². The van der Waals surface area contributed by atoms with Crippen molar-refractivity contribution in [1.29, 1.82) is 0 Å². The predicted molar refractivity (Wildman–Crippen MR) is 92.2 cm³/mol. The molecule has 0 unspecified atom stereocenters. The van der Waals surface area contributed by atoms with Gasteiger partial charge in [-0.25, -0.2) is 9.37 Å². The molecule has 3 aromatic rings. The van der Waals surface area contributed by atoms with E-state index in [4.69, 9.17) is 17.3 Å². The van der Waals surface area contributed by atoms with E-state index < -0.39 is 0 Å². The van der Waals surface area contributed by atoms with Gasteiger partial charge in [-0.1, -0.05) is 0 Å². The minimum atomic E-state index is -0.292. The van der Waals surface area contributed by atoms with E-state index in [1.165, 1.54) is 12.1 Å².